The van der Waals surface area contributed by atoms with Gasteiger partial charge in [-0.25, -0.2) is 0 Å². The molecule has 0 spiro atoms. The molecule has 0 heterocycles. The van der Waals surface area contributed by atoms with E-state index in [0.717, 1.165) is 30.0 Å². The molecule has 1 aromatic carbocycles. The molecular formula is C15H26N2O2. The standard InChI is InChI=1S/C15H26N2O2/c1-11(2)13(17-9-8-16)10-12-6-5-7-14(18-3)15(12)19-4/h5-7,11,13,17H,8-10,16H2,1-4H3. The lowest BCUT2D eigenvalue weighted by atomic mass is 9.95. The summed E-state index contributed by atoms with van der Waals surface area (Å²) in [4.78, 5) is 0. The highest BCUT2D eigenvalue weighted by Gasteiger charge is 2.17. The lowest BCUT2D eigenvalue weighted by Gasteiger charge is -2.23. The van der Waals surface area contributed by atoms with Crippen LogP contribution < -0.4 is 20.5 Å². The van der Waals surface area contributed by atoms with Gasteiger partial charge in [0.15, 0.2) is 11.5 Å². The first-order valence-electron chi connectivity index (χ1n) is 6.77. The van der Waals surface area contributed by atoms with Gasteiger partial charge in [-0.05, 0) is 24.0 Å². The summed E-state index contributed by atoms with van der Waals surface area (Å²) >= 11 is 0. The number of nitrogens with two attached hydrogens (primary N) is 1. The third-order valence-corrected chi connectivity index (χ3v) is 3.28. The molecule has 4 nitrogen and oxygen atoms in total. The summed E-state index contributed by atoms with van der Waals surface area (Å²) in [6.45, 7) is 5.90. The van der Waals surface area contributed by atoms with Crippen molar-refractivity contribution < 1.29 is 9.47 Å². The van der Waals surface area contributed by atoms with Crippen LogP contribution >= 0.6 is 0 Å². The van der Waals surface area contributed by atoms with Gasteiger partial charge in [0.25, 0.3) is 0 Å². The Morgan fingerprint density at radius 2 is 1.95 bits per heavy atom. The van der Waals surface area contributed by atoms with Crippen molar-refractivity contribution in [3.63, 3.8) is 0 Å². The number of methoxy groups -OCH3 is 2. The minimum absolute atomic E-state index is 0.379. The molecule has 1 rings (SSSR count). The highest BCUT2D eigenvalue weighted by Crippen LogP contribution is 2.32. The van der Waals surface area contributed by atoms with Gasteiger partial charge in [-0.1, -0.05) is 26.0 Å². The van der Waals surface area contributed by atoms with Crippen molar-refractivity contribution in [1.82, 2.24) is 5.32 Å². The van der Waals surface area contributed by atoms with E-state index in [0.29, 0.717) is 18.5 Å². The molecule has 19 heavy (non-hydrogen) atoms. The predicted molar refractivity (Wildman–Crippen MR) is 78.9 cm³/mol. The monoisotopic (exact) mass is 266 g/mol. The van der Waals surface area contributed by atoms with Crippen molar-refractivity contribution in [1.29, 1.82) is 0 Å². The van der Waals surface area contributed by atoms with Crippen molar-refractivity contribution >= 4 is 0 Å². The third-order valence-electron chi connectivity index (χ3n) is 3.28. The molecule has 0 amide bonds. The predicted octanol–water partition coefficient (Wildman–Crippen LogP) is 1.82. The number of benzene rings is 1. The molecule has 1 unspecified atom stereocenters. The highest BCUT2D eigenvalue weighted by molar-refractivity contribution is 5.46. The van der Waals surface area contributed by atoms with E-state index < -0.39 is 0 Å². The first-order valence-corrected chi connectivity index (χ1v) is 6.77. The summed E-state index contributed by atoms with van der Waals surface area (Å²) in [5.41, 5.74) is 6.72. The van der Waals surface area contributed by atoms with Crippen LogP contribution in [0.3, 0.4) is 0 Å². The summed E-state index contributed by atoms with van der Waals surface area (Å²) in [6.07, 6.45) is 0.901. The Kier molecular flexibility index (Phi) is 6.67. The van der Waals surface area contributed by atoms with Crippen LogP contribution in [0.1, 0.15) is 19.4 Å². The smallest absolute Gasteiger partial charge is 0.163 e. The molecule has 0 fully saturated rings. The first kappa shape index (κ1) is 15.8. The summed E-state index contributed by atoms with van der Waals surface area (Å²) in [5, 5.41) is 3.48. The van der Waals surface area contributed by atoms with E-state index in [2.05, 4.69) is 25.2 Å². The average molecular weight is 266 g/mol. The summed E-state index contributed by atoms with van der Waals surface area (Å²) < 4.78 is 10.8. The van der Waals surface area contributed by atoms with Gasteiger partial charge < -0.3 is 20.5 Å². The van der Waals surface area contributed by atoms with E-state index in [9.17, 15) is 0 Å². The number of hydrogen-bond acceptors (Lipinski definition) is 4. The van der Waals surface area contributed by atoms with Gasteiger partial charge in [0.2, 0.25) is 0 Å². The van der Waals surface area contributed by atoms with Crippen LogP contribution in [0.2, 0.25) is 0 Å². The van der Waals surface area contributed by atoms with Crippen molar-refractivity contribution in [2.45, 2.75) is 26.3 Å². The topological polar surface area (TPSA) is 56.5 Å². The van der Waals surface area contributed by atoms with Gasteiger partial charge in [0.1, 0.15) is 0 Å². The minimum atomic E-state index is 0.379. The molecule has 4 heteroatoms. The van der Waals surface area contributed by atoms with Gasteiger partial charge in [-0.15, -0.1) is 0 Å². The van der Waals surface area contributed by atoms with Crippen LogP contribution in [0.5, 0.6) is 11.5 Å². The molecule has 0 saturated heterocycles. The average Bonchev–Trinajstić information content (AvgIpc) is 2.42. The van der Waals surface area contributed by atoms with Crippen LogP contribution in [-0.2, 0) is 6.42 Å². The number of ether oxygens (including phenoxy) is 2. The largest absolute Gasteiger partial charge is 0.493 e. The maximum Gasteiger partial charge on any atom is 0.163 e. The molecule has 0 saturated carbocycles. The maximum absolute atomic E-state index is 5.56. The Hall–Kier alpha value is -1.26. The quantitative estimate of drug-likeness (QED) is 0.753. The van der Waals surface area contributed by atoms with Gasteiger partial charge in [0.05, 0.1) is 14.2 Å². The molecule has 0 aliphatic heterocycles. The van der Waals surface area contributed by atoms with Gasteiger partial charge in [-0.3, -0.25) is 0 Å². The van der Waals surface area contributed by atoms with Crippen LogP contribution in [0, 0.1) is 5.92 Å². The Morgan fingerprint density at radius 3 is 2.47 bits per heavy atom. The van der Waals surface area contributed by atoms with Crippen LogP contribution in [0.15, 0.2) is 18.2 Å². The number of nitrogens with one attached hydrogen (secondary N) is 1. The van der Waals surface area contributed by atoms with Crippen LogP contribution in [0.4, 0.5) is 0 Å². The zero-order chi connectivity index (χ0) is 14.3. The summed E-state index contributed by atoms with van der Waals surface area (Å²) in [5.74, 6) is 2.13. The Labute approximate surface area is 116 Å². The van der Waals surface area contributed by atoms with Crippen LogP contribution in [-0.4, -0.2) is 33.4 Å². The summed E-state index contributed by atoms with van der Waals surface area (Å²) in [7, 11) is 3.34. The molecule has 108 valence electrons. The maximum atomic E-state index is 5.56. The SMILES string of the molecule is COc1cccc(CC(NCCN)C(C)C)c1OC. The number of hydrogen-bond donors (Lipinski definition) is 2. The molecule has 0 radical (unpaired) electrons. The molecule has 0 aromatic heterocycles. The number of para-hydroxylation sites is 1. The lowest BCUT2D eigenvalue weighted by Crippen LogP contribution is -2.38. The van der Waals surface area contributed by atoms with Gasteiger partial charge >= 0.3 is 0 Å². The fourth-order valence-corrected chi connectivity index (χ4v) is 2.16. The molecule has 1 aromatic rings. The van der Waals surface area contributed by atoms with Gasteiger partial charge in [0, 0.05) is 19.1 Å². The van der Waals surface area contributed by atoms with Crippen LogP contribution in [0.25, 0.3) is 0 Å². The van der Waals surface area contributed by atoms with E-state index >= 15 is 0 Å². The third kappa shape index (κ3) is 4.40. The lowest BCUT2D eigenvalue weighted by molar-refractivity contribution is 0.344. The van der Waals surface area contributed by atoms with E-state index in [4.69, 9.17) is 15.2 Å². The molecule has 0 aliphatic rings. The normalized spacial score (nSPS) is 12.5. The second-order valence-corrected chi connectivity index (χ2v) is 4.95. The first-order chi connectivity index (χ1) is 9.13. The number of rotatable bonds is 8. The Morgan fingerprint density at radius 1 is 1.21 bits per heavy atom. The second-order valence-electron chi connectivity index (χ2n) is 4.95. The molecule has 0 aliphatic carbocycles. The highest BCUT2D eigenvalue weighted by atomic mass is 16.5. The molecule has 0 bridgehead atoms. The van der Waals surface area contributed by atoms with Crippen molar-refractivity contribution in [2.75, 3.05) is 27.3 Å². The Bertz CT molecular complexity index is 380. The fourth-order valence-electron chi connectivity index (χ4n) is 2.16. The summed E-state index contributed by atoms with van der Waals surface area (Å²) in [6, 6.07) is 6.38. The fraction of sp³-hybridized carbons (Fsp3) is 0.600. The Balaban J connectivity index is 2.89. The van der Waals surface area contributed by atoms with E-state index in [1.165, 1.54) is 0 Å². The minimum Gasteiger partial charge on any atom is -0.493 e. The molecule has 3 N–H and O–H groups in total. The second kappa shape index (κ2) is 8.02. The van der Waals surface area contributed by atoms with Gasteiger partial charge in [-0.2, -0.15) is 0 Å². The zero-order valence-corrected chi connectivity index (χ0v) is 12.4. The van der Waals surface area contributed by atoms with Crippen molar-refractivity contribution in [3.8, 4) is 11.5 Å². The zero-order valence-electron chi connectivity index (χ0n) is 12.4. The molecule has 1 atom stereocenters. The van der Waals surface area contributed by atoms with E-state index in [-0.39, 0.29) is 0 Å². The van der Waals surface area contributed by atoms with Crippen molar-refractivity contribution in [3.05, 3.63) is 23.8 Å². The molecular weight excluding hydrogens is 240 g/mol. The van der Waals surface area contributed by atoms with E-state index in [1.54, 1.807) is 14.2 Å². The van der Waals surface area contributed by atoms with E-state index in [1.807, 2.05) is 12.1 Å². The van der Waals surface area contributed by atoms with Crippen molar-refractivity contribution in [2.24, 2.45) is 11.7 Å².